The summed E-state index contributed by atoms with van der Waals surface area (Å²) < 4.78 is 5.47. The summed E-state index contributed by atoms with van der Waals surface area (Å²) in [5, 5.41) is 3.34. The molecule has 0 saturated carbocycles. The largest absolute Gasteiger partial charge is 0.444 e. The quantitative estimate of drug-likeness (QED) is 0.824. The lowest BCUT2D eigenvalue weighted by molar-refractivity contribution is 0.117. The predicted molar refractivity (Wildman–Crippen MR) is 69.9 cm³/mol. The first-order valence-electron chi connectivity index (χ1n) is 6.45. The van der Waals surface area contributed by atoms with Gasteiger partial charge >= 0.3 is 6.09 Å². The van der Waals surface area contributed by atoms with Crippen molar-refractivity contribution in [2.75, 3.05) is 18.0 Å². The molecule has 2 fully saturated rings. The lowest BCUT2D eigenvalue weighted by Gasteiger charge is -2.29. The summed E-state index contributed by atoms with van der Waals surface area (Å²) in [4.78, 5) is 13.9. The number of amides is 1. The van der Waals surface area contributed by atoms with E-state index < -0.39 is 0 Å². The number of hydrogen-bond acceptors (Lipinski definition) is 3. The Labute approximate surface area is 107 Å². The van der Waals surface area contributed by atoms with Crippen molar-refractivity contribution in [2.45, 2.75) is 32.4 Å². The van der Waals surface area contributed by atoms with E-state index in [4.69, 9.17) is 4.74 Å². The number of ether oxygens (including phenoxy) is 1. The van der Waals surface area contributed by atoms with Crippen molar-refractivity contribution in [2.24, 2.45) is 0 Å². The number of hydrogen-bond donors (Lipinski definition) is 1. The van der Waals surface area contributed by atoms with Crippen LogP contribution in [0.2, 0.25) is 0 Å². The SMILES string of the molecule is Cc1cccc(N2C(=O)OC3CCNCC32)c1C. The van der Waals surface area contributed by atoms with Gasteiger partial charge in [0.05, 0.1) is 11.7 Å². The summed E-state index contributed by atoms with van der Waals surface area (Å²) in [6, 6.07) is 6.19. The van der Waals surface area contributed by atoms with Crippen LogP contribution >= 0.6 is 0 Å². The van der Waals surface area contributed by atoms with Gasteiger partial charge < -0.3 is 10.1 Å². The molecule has 3 rings (SSSR count). The number of nitrogens with zero attached hydrogens (tertiary/aromatic N) is 1. The molecule has 0 aliphatic carbocycles. The van der Waals surface area contributed by atoms with E-state index in [0.717, 1.165) is 30.8 Å². The summed E-state index contributed by atoms with van der Waals surface area (Å²) in [5.41, 5.74) is 3.34. The number of aryl methyl sites for hydroxylation is 1. The van der Waals surface area contributed by atoms with E-state index in [-0.39, 0.29) is 18.2 Å². The van der Waals surface area contributed by atoms with Crippen molar-refractivity contribution in [3.05, 3.63) is 29.3 Å². The molecular formula is C14H18N2O2. The minimum absolute atomic E-state index is 0.0404. The average molecular weight is 246 g/mol. The van der Waals surface area contributed by atoms with Gasteiger partial charge in [0.2, 0.25) is 0 Å². The summed E-state index contributed by atoms with van der Waals surface area (Å²) in [6.07, 6.45) is 0.735. The number of fused-ring (bicyclic) bond motifs is 1. The van der Waals surface area contributed by atoms with Crippen molar-refractivity contribution in [3.8, 4) is 0 Å². The highest BCUT2D eigenvalue weighted by molar-refractivity contribution is 5.92. The Morgan fingerprint density at radius 3 is 3.06 bits per heavy atom. The highest BCUT2D eigenvalue weighted by Gasteiger charge is 2.44. The zero-order valence-electron chi connectivity index (χ0n) is 10.8. The molecule has 1 amide bonds. The summed E-state index contributed by atoms with van der Waals surface area (Å²) >= 11 is 0. The molecule has 2 heterocycles. The van der Waals surface area contributed by atoms with E-state index >= 15 is 0 Å². The van der Waals surface area contributed by atoms with E-state index in [0.29, 0.717) is 0 Å². The predicted octanol–water partition coefficient (Wildman–Crippen LogP) is 1.99. The van der Waals surface area contributed by atoms with E-state index in [2.05, 4.69) is 25.2 Å². The van der Waals surface area contributed by atoms with Gasteiger partial charge in [0.1, 0.15) is 6.10 Å². The van der Waals surface area contributed by atoms with Gasteiger partial charge in [0.25, 0.3) is 0 Å². The second-order valence-electron chi connectivity index (χ2n) is 5.07. The van der Waals surface area contributed by atoms with Gasteiger partial charge in [-0.1, -0.05) is 12.1 Å². The number of carbonyl (C=O) groups is 1. The Balaban J connectivity index is 1.99. The molecule has 0 radical (unpaired) electrons. The molecule has 1 aromatic carbocycles. The van der Waals surface area contributed by atoms with E-state index in [1.54, 1.807) is 0 Å². The Kier molecular flexibility index (Phi) is 2.74. The monoisotopic (exact) mass is 246 g/mol. The number of carbonyl (C=O) groups excluding carboxylic acids is 1. The Bertz CT molecular complexity index is 487. The zero-order chi connectivity index (χ0) is 12.7. The number of piperidine rings is 1. The van der Waals surface area contributed by atoms with Crippen molar-refractivity contribution >= 4 is 11.8 Å². The van der Waals surface area contributed by atoms with Crippen LogP contribution in [0.3, 0.4) is 0 Å². The fourth-order valence-electron chi connectivity index (χ4n) is 2.81. The van der Waals surface area contributed by atoms with Crippen molar-refractivity contribution in [1.82, 2.24) is 5.32 Å². The van der Waals surface area contributed by atoms with Crippen LogP contribution in [0.15, 0.2) is 18.2 Å². The van der Waals surface area contributed by atoms with Crippen LogP contribution in [0.4, 0.5) is 10.5 Å². The molecule has 18 heavy (non-hydrogen) atoms. The number of nitrogens with one attached hydrogen (secondary N) is 1. The van der Waals surface area contributed by atoms with Crippen LogP contribution in [0.25, 0.3) is 0 Å². The first-order valence-corrected chi connectivity index (χ1v) is 6.45. The molecule has 4 nitrogen and oxygen atoms in total. The molecule has 0 bridgehead atoms. The molecular weight excluding hydrogens is 228 g/mol. The second-order valence-corrected chi connectivity index (χ2v) is 5.07. The average Bonchev–Trinajstić information content (AvgIpc) is 2.69. The van der Waals surface area contributed by atoms with E-state index in [1.807, 2.05) is 17.0 Å². The third-order valence-corrected chi connectivity index (χ3v) is 4.00. The van der Waals surface area contributed by atoms with Gasteiger partial charge in [-0.3, -0.25) is 4.90 Å². The molecule has 2 unspecified atom stereocenters. The standard InChI is InChI=1S/C14H18N2O2/c1-9-4-3-5-11(10(9)2)16-12-8-15-7-6-13(12)18-14(16)17/h3-5,12-13,15H,6-8H2,1-2H3. The Morgan fingerprint density at radius 1 is 1.39 bits per heavy atom. The van der Waals surface area contributed by atoms with Gasteiger partial charge in [-0.2, -0.15) is 0 Å². The van der Waals surface area contributed by atoms with Crippen LogP contribution < -0.4 is 10.2 Å². The molecule has 2 atom stereocenters. The maximum Gasteiger partial charge on any atom is 0.415 e. The van der Waals surface area contributed by atoms with E-state index in [9.17, 15) is 4.79 Å². The highest BCUT2D eigenvalue weighted by atomic mass is 16.6. The van der Waals surface area contributed by atoms with Crippen LogP contribution in [0.5, 0.6) is 0 Å². The summed E-state index contributed by atoms with van der Waals surface area (Å²) in [7, 11) is 0. The molecule has 2 aliphatic rings. The van der Waals surface area contributed by atoms with Gasteiger partial charge in [-0.05, 0) is 44.0 Å². The topological polar surface area (TPSA) is 41.6 Å². The number of rotatable bonds is 1. The van der Waals surface area contributed by atoms with Crippen molar-refractivity contribution in [3.63, 3.8) is 0 Å². The fourth-order valence-corrected chi connectivity index (χ4v) is 2.81. The third kappa shape index (κ3) is 1.68. The molecule has 1 N–H and O–H groups in total. The van der Waals surface area contributed by atoms with Crippen LogP contribution in [0, 0.1) is 13.8 Å². The highest BCUT2D eigenvalue weighted by Crippen LogP contribution is 2.32. The minimum Gasteiger partial charge on any atom is -0.444 e. The molecule has 1 aromatic rings. The Hall–Kier alpha value is -1.55. The maximum atomic E-state index is 12.1. The third-order valence-electron chi connectivity index (χ3n) is 4.00. The lowest BCUT2D eigenvalue weighted by Crippen LogP contribution is -2.49. The fraction of sp³-hybridized carbons (Fsp3) is 0.500. The molecule has 2 saturated heterocycles. The van der Waals surface area contributed by atoms with Crippen LogP contribution in [-0.2, 0) is 4.74 Å². The molecule has 0 aromatic heterocycles. The molecule has 4 heteroatoms. The zero-order valence-corrected chi connectivity index (χ0v) is 10.8. The minimum atomic E-state index is -0.206. The molecule has 96 valence electrons. The van der Waals surface area contributed by atoms with Crippen molar-refractivity contribution in [1.29, 1.82) is 0 Å². The van der Waals surface area contributed by atoms with Gasteiger partial charge in [0, 0.05) is 6.54 Å². The summed E-state index contributed by atoms with van der Waals surface area (Å²) in [5.74, 6) is 0. The first kappa shape index (κ1) is 11.5. The lowest BCUT2D eigenvalue weighted by atomic mass is 10.0. The van der Waals surface area contributed by atoms with Crippen LogP contribution in [-0.4, -0.2) is 31.3 Å². The summed E-state index contributed by atoms with van der Waals surface area (Å²) in [6.45, 7) is 5.86. The van der Waals surface area contributed by atoms with Gasteiger partial charge in [-0.25, -0.2) is 4.79 Å². The van der Waals surface area contributed by atoms with Gasteiger partial charge in [-0.15, -0.1) is 0 Å². The normalized spacial score (nSPS) is 27.0. The number of anilines is 1. The van der Waals surface area contributed by atoms with Gasteiger partial charge in [0.15, 0.2) is 0 Å². The molecule has 2 aliphatic heterocycles. The smallest absolute Gasteiger partial charge is 0.415 e. The second kappa shape index (κ2) is 4.28. The Morgan fingerprint density at radius 2 is 2.22 bits per heavy atom. The number of benzene rings is 1. The molecule has 0 spiro atoms. The van der Waals surface area contributed by atoms with E-state index in [1.165, 1.54) is 5.56 Å². The maximum absolute atomic E-state index is 12.1. The first-order chi connectivity index (χ1) is 8.68. The van der Waals surface area contributed by atoms with Crippen molar-refractivity contribution < 1.29 is 9.53 Å². The van der Waals surface area contributed by atoms with Crippen LogP contribution in [0.1, 0.15) is 17.5 Å².